The summed E-state index contributed by atoms with van der Waals surface area (Å²) in [6.45, 7) is 4.94. The number of aromatic nitrogens is 2. The smallest absolute Gasteiger partial charge is 0.242 e. The number of nitrogens with two attached hydrogens (primary N) is 1. The van der Waals surface area contributed by atoms with Gasteiger partial charge >= 0.3 is 0 Å². The summed E-state index contributed by atoms with van der Waals surface area (Å²) in [5.74, 6) is 0.751. The van der Waals surface area contributed by atoms with Crippen LogP contribution in [0.3, 0.4) is 0 Å². The van der Waals surface area contributed by atoms with Crippen molar-refractivity contribution in [3.63, 3.8) is 0 Å². The molecule has 0 saturated carbocycles. The van der Waals surface area contributed by atoms with Crippen molar-refractivity contribution in [1.82, 2.24) is 14.9 Å². The fraction of sp³-hybridized carbons (Fsp3) is 0.421. The van der Waals surface area contributed by atoms with Crippen molar-refractivity contribution in [2.75, 3.05) is 42.5 Å². The molecule has 0 radical (unpaired) electrons. The number of primary sulfonamides is 1. The highest BCUT2D eigenvalue weighted by Gasteiger charge is 2.31. The molecule has 1 unspecified atom stereocenters. The van der Waals surface area contributed by atoms with Crippen LogP contribution in [-0.4, -0.2) is 68.0 Å². The first kappa shape index (κ1) is 19.6. The molecule has 1 saturated heterocycles. The lowest BCUT2D eigenvalue weighted by Crippen LogP contribution is -2.52. The summed E-state index contributed by atoms with van der Waals surface area (Å²) in [5, 5.41) is 5.24. The summed E-state index contributed by atoms with van der Waals surface area (Å²) in [7, 11) is -3.74. The molecule has 0 bridgehead atoms. The van der Waals surface area contributed by atoms with Crippen molar-refractivity contribution in [2.45, 2.75) is 24.3 Å². The monoisotopic (exact) mass is 416 g/mol. The van der Waals surface area contributed by atoms with E-state index in [1.807, 2.05) is 16.7 Å². The minimum atomic E-state index is -3.74. The fourth-order valence-corrected chi connectivity index (χ4v) is 4.51. The van der Waals surface area contributed by atoms with Crippen LogP contribution in [0.2, 0.25) is 0 Å². The van der Waals surface area contributed by atoms with E-state index in [0.29, 0.717) is 38.5 Å². The lowest BCUT2D eigenvalue weighted by atomic mass is 10.1. The molecular weight excluding hydrogens is 392 g/mol. The Bertz CT molecular complexity index is 1010. The molecular formula is C19H24N6O3S. The van der Waals surface area contributed by atoms with Crippen LogP contribution in [0.1, 0.15) is 12.5 Å². The third-order valence-electron chi connectivity index (χ3n) is 5.51. The zero-order chi connectivity index (χ0) is 20.6. The molecule has 2 aromatic rings. The highest BCUT2D eigenvalue weighted by atomic mass is 32.2. The van der Waals surface area contributed by atoms with E-state index in [9.17, 15) is 13.2 Å². The Morgan fingerprint density at radius 3 is 2.52 bits per heavy atom. The second-order valence-corrected chi connectivity index (χ2v) is 8.99. The third-order valence-corrected chi connectivity index (χ3v) is 6.42. The van der Waals surface area contributed by atoms with E-state index in [4.69, 9.17) is 5.14 Å². The molecule has 1 fully saturated rings. The Hall–Kier alpha value is -2.72. The lowest BCUT2D eigenvalue weighted by molar-refractivity contribution is -0.130. The van der Waals surface area contributed by atoms with E-state index in [2.05, 4.69) is 14.9 Å². The molecule has 2 aliphatic heterocycles. The van der Waals surface area contributed by atoms with Crippen molar-refractivity contribution < 1.29 is 13.2 Å². The van der Waals surface area contributed by atoms with Crippen LogP contribution >= 0.6 is 0 Å². The maximum Gasteiger partial charge on any atom is 0.242 e. The predicted molar refractivity (Wildman–Crippen MR) is 109 cm³/mol. The van der Waals surface area contributed by atoms with Crippen LogP contribution in [-0.2, 0) is 21.2 Å². The van der Waals surface area contributed by atoms with Crippen LogP contribution in [0.25, 0.3) is 0 Å². The molecule has 1 atom stereocenters. The van der Waals surface area contributed by atoms with Gasteiger partial charge in [0.1, 0.15) is 0 Å². The van der Waals surface area contributed by atoms with Crippen LogP contribution in [0.4, 0.5) is 11.6 Å². The second-order valence-electron chi connectivity index (χ2n) is 7.43. The molecule has 29 heavy (non-hydrogen) atoms. The van der Waals surface area contributed by atoms with Gasteiger partial charge in [-0.3, -0.25) is 4.79 Å². The Morgan fingerprint density at radius 1 is 1.17 bits per heavy atom. The molecule has 3 heterocycles. The number of carbonyl (C=O) groups excluding carboxylic acids is 1. The summed E-state index contributed by atoms with van der Waals surface area (Å²) in [6, 6.07) is 6.76. The Morgan fingerprint density at radius 2 is 1.86 bits per heavy atom. The summed E-state index contributed by atoms with van der Waals surface area (Å²) in [4.78, 5) is 27.5. The van der Waals surface area contributed by atoms with E-state index in [-0.39, 0.29) is 23.4 Å². The number of hydrogen-bond donors (Lipinski definition) is 1. The van der Waals surface area contributed by atoms with Gasteiger partial charge in [-0.15, -0.1) is 0 Å². The summed E-state index contributed by atoms with van der Waals surface area (Å²) < 4.78 is 23.2. The van der Waals surface area contributed by atoms with Gasteiger partial charge in [0.05, 0.1) is 11.4 Å². The maximum absolute atomic E-state index is 12.9. The first-order valence-corrected chi connectivity index (χ1v) is 11.1. The number of carbonyl (C=O) groups is 1. The quantitative estimate of drug-likeness (QED) is 0.759. The number of rotatable bonds is 4. The highest BCUT2D eigenvalue weighted by Crippen LogP contribution is 2.33. The van der Waals surface area contributed by atoms with Gasteiger partial charge in [0.15, 0.2) is 0 Å². The maximum atomic E-state index is 12.9. The zero-order valence-corrected chi connectivity index (χ0v) is 17.0. The molecule has 1 amide bonds. The standard InChI is InChI=1S/C19H24N6O3S/c1-14-11-15-12-16(29(20,27)28)3-4-17(15)25(14)13-18(26)23-7-9-24(10-8-23)19-21-5-2-6-22-19/h2-6,12,14H,7-11,13H2,1H3,(H2,20,27,28). The van der Waals surface area contributed by atoms with Gasteiger partial charge < -0.3 is 14.7 Å². The van der Waals surface area contributed by atoms with E-state index in [1.165, 1.54) is 6.07 Å². The van der Waals surface area contributed by atoms with E-state index in [0.717, 1.165) is 11.3 Å². The number of hydrogen-bond acceptors (Lipinski definition) is 7. The molecule has 10 heteroatoms. The Labute approximate surface area is 170 Å². The van der Waals surface area contributed by atoms with Gasteiger partial charge in [0, 0.05) is 50.3 Å². The molecule has 9 nitrogen and oxygen atoms in total. The number of piperazine rings is 1. The van der Waals surface area contributed by atoms with Crippen molar-refractivity contribution in [2.24, 2.45) is 5.14 Å². The largest absolute Gasteiger partial charge is 0.359 e. The van der Waals surface area contributed by atoms with Gasteiger partial charge in [0.2, 0.25) is 21.9 Å². The molecule has 1 aromatic carbocycles. The number of sulfonamides is 1. The van der Waals surface area contributed by atoms with Crippen LogP contribution < -0.4 is 14.9 Å². The molecule has 0 aliphatic carbocycles. The van der Waals surface area contributed by atoms with Crippen molar-refractivity contribution in [1.29, 1.82) is 0 Å². The van der Waals surface area contributed by atoms with Crippen molar-refractivity contribution in [3.8, 4) is 0 Å². The summed E-state index contributed by atoms with van der Waals surface area (Å²) in [6.07, 6.45) is 4.12. The lowest BCUT2D eigenvalue weighted by Gasteiger charge is -2.36. The van der Waals surface area contributed by atoms with Gasteiger partial charge in [-0.05, 0) is 43.2 Å². The van der Waals surface area contributed by atoms with Gasteiger partial charge in [-0.1, -0.05) is 0 Å². The second kappa shape index (κ2) is 7.60. The van der Waals surface area contributed by atoms with Gasteiger partial charge in [0.25, 0.3) is 0 Å². The van der Waals surface area contributed by atoms with E-state index < -0.39 is 10.0 Å². The number of fused-ring (bicyclic) bond motifs is 1. The zero-order valence-electron chi connectivity index (χ0n) is 16.2. The highest BCUT2D eigenvalue weighted by molar-refractivity contribution is 7.89. The van der Waals surface area contributed by atoms with E-state index in [1.54, 1.807) is 30.6 Å². The van der Waals surface area contributed by atoms with Gasteiger partial charge in [-0.25, -0.2) is 23.5 Å². The number of anilines is 2. The molecule has 0 spiro atoms. The van der Waals surface area contributed by atoms with Crippen LogP contribution in [0, 0.1) is 0 Å². The normalized spacial score (nSPS) is 19.4. The SMILES string of the molecule is CC1Cc2cc(S(N)(=O)=O)ccc2N1CC(=O)N1CCN(c2ncccn2)CC1. The average molecular weight is 417 g/mol. The van der Waals surface area contributed by atoms with Crippen molar-refractivity contribution in [3.05, 3.63) is 42.2 Å². The molecule has 154 valence electrons. The average Bonchev–Trinajstić information content (AvgIpc) is 3.02. The van der Waals surface area contributed by atoms with Crippen LogP contribution in [0.5, 0.6) is 0 Å². The number of nitrogens with zero attached hydrogens (tertiary/aromatic N) is 5. The third kappa shape index (κ3) is 4.03. The van der Waals surface area contributed by atoms with Crippen LogP contribution in [0.15, 0.2) is 41.6 Å². The predicted octanol–water partition coefficient (Wildman–Crippen LogP) is 0.224. The van der Waals surface area contributed by atoms with Gasteiger partial charge in [-0.2, -0.15) is 0 Å². The van der Waals surface area contributed by atoms with Crippen molar-refractivity contribution >= 4 is 27.6 Å². The molecule has 4 rings (SSSR count). The summed E-state index contributed by atoms with van der Waals surface area (Å²) in [5.41, 5.74) is 1.80. The fourth-order valence-electron chi connectivity index (χ4n) is 3.95. The molecule has 1 aromatic heterocycles. The first-order valence-electron chi connectivity index (χ1n) is 9.55. The molecule has 2 aliphatic rings. The Balaban J connectivity index is 1.41. The first-order chi connectivity index (χ1) is 13.8. The number of amides is 1. The topological polar surface area (TPSA) is 113 Å². The Kier molecular flexibility index (Phi) is 5.13. The summed E-state index contributed by atoms with van der Waals surface area (Å²) >= 11 is 0. The minimum absolute atomic E-state index is 0.0638. The minimum Gasteiger partial charge on any atom is -0.359 e. The van der Waals surface area contributed by atoms with E-state index >= 15 is 0 Å². The molecule has 2 N–H and O–H groups in total. The number of benzene rings is 1.